The van der Waals surface area contributed by atoms with Crippen LogP contribution in [0.15, 0.2) is 29.1 Å². The van der Waals surface area contributed by atoms with Gasteiger partial charge in [-0.05, 0) is 34.5 Å². The van der Waals surface area contributed by atoms with Crippen LogP contribution in [0.1, 0.15) is 12.5 Å². The second-order valence-corrected chi connectivity index (χ2v) is 4.04. The van der Waals surface area contributed by atoms with E-state index in [9.17, 15) is 4.79 Å². The van der Waals surface area contributed by atoms with Crippen LogP contribution in [0.3, 0.4) is 0 Å². The Balaban J connectivity index is 2.49. The quantitative estimate of drug-likeness (QED) is 0.822. The van der Waals surface area contributed by atoms with Gasteiger partial charge in [-0.2, -0.15) is 0 Å². The van der Waals surface area contributed by atoms with E-state index in [1.54, 1.807) is 13.1 Å². The predicted molar refractivity (Wildman–Crippen MR) is 57.3 cm³/mol. The average Bonchev–Trinajstić information content (AvgIpc) is 2.47. The van der Waals surface area contributed by atoms with E-state index in [0.29, 0.717) is 6.42 Å². The van der Waals surface area contributed by atoms with Gasteiger partial charge in [0, 0.05) is 12.6 Å². The van der Waals surface area contributed by atoms with Gasteiger partial charge in [-0.15, -0.1) is 0 Å². The third-order valence-corrected chi connectivity index (χ3v) is 2.56. The smallest absolute Gasteiger partial charge is 0.137 e. The summed E-state index contributed by atoms with van der Waals surface area (Å²) in [6, 6.07) is 3.83. The summed E-state index contributed by atoms with van der Waals surface area (Å²) in [6.45, 7) is 1.59. The molecule has 0 atom stereocenters. The Morgan fingerprint density at radius 3 is 3.07 bits per heavy atom. The molecule has 0 aromatic carbocycles. The normalized spacial score (nSPS) is 10.7. The van der Waals surface area contributed by atoms with Crippen LogP contribution >= 0.6 is 15.9 Å². The van der Waals surface area contributed by atoms with Crippen molar-refractivity contribution >= 4 is 27.4 Å². The number of hydrogen-bond donors (Lipinski definition) is 0. The van der Waals surface area contributed by atoms with Crippen molar-refractivity contribution in [3.63, 3.8) is 0 Å². The maximum atomic E-state index is 10.9. The van der Waals surface area contributed by atoms with Crippen molar-refractivity contribution in [1.82, 2.24) is 9.38 Å². The molecule has 0 aliphatic heterocycles. The molecule has 2 rings (SSSR count). The van der Waals surface area contributed by atoms with Gasteiger partial charge in [0.25, 0.3) is 0 Å². The number of Topliss-reactive ketones (excluding diaryl/α,β-unsaturated/α-hetero) is 1. The zero-order chi connectivity index (χ0) is 10.1. The molecule has 0 amide bonds. The summed E-state index contributed by atoms with van der Waals surface area (Å²) in [5.74, 6) is 0.167. The maximum Gasteiger partial charge on any atom is 0.137 e. The monoisotopic (exact) mass is 252 g/mol. The third kappa shape index (κ3) is 1.70. The van der Waals surface area contributed by atoms with Gasteiger partial charge < -0.3 is 0 Å². The van der Waals surface area contributed by atoms with Gasteiger partial charge in [0.1, 0.15) is 16.0 Å². The predicted octanol–water partition coefficient (Wildman–Crippen LogP) is 2.23. The summed E-state index contributed by atoms with van der Waals surface area (Å²) in [7, 11) is 0. The number of aromatic nitrogens is 2. The minimum atomic E-state index is 0.167. The molecule has 3 nitrogen and oxygen atoms in total. The molecule has 0 N–H and O–H groups in total. The molecule has 0 saturated carbocycles. The van der Waals surface area contributed by atoms with Crippen LogP contribution in [-0.2, 0) is 11.2 Å². The van der Waals surface area contributed by atoms with Crippen molar-refractivity contribution in [3.8, 4) is 0 Å². The summed E-state index contributed by atoms with van der Waals surface area (Å²) in [4.78, 5) is 15.1. The number of ketones is 1. The van der Waals surface area contributed by atoms with Gasteiger partial charge in [-0.1, -0.05) is 6.07 Å². The summed E-state index contributed by atoms with van der Waals surface area (Å²) in [5, 5.41) is 0. The first kappa shape index (κ1) is 9.40. The zero-order valence-corrected chi connectivity index (χ0v) is 9.28. The molecule has 2 aromatic rings. The lowest BCUT2D eigenvalue weighted by Crippen LogP contribution is -1.98. The molecular formula is C10H9BrN2O. The van der Waals surface area contributed by atoms with Crippen molar-refractivity contribution in [3.05, 3.63) is 34.7 Å². The summed E-state index contributed by atoms with van der Waals surface area (Å²) in [6.07, 6.45) is 4.14. The number of rotatable bonds is 2. The Kier molecular flexibility index (Phi) is 2.37. The SMILES string of the molecule is CC(=O)Cc1ccc2ncc(Br)n2c1. The molecule has 2 heterocycles. The Morgan fingerprint density at radius 1 is 1.57 bits per heavy atom. The minimum Gasteiger partial charge on any atom is -0.300 e. The molecule has 0 radical (unpaired) electrons. The molecule has 0 saturated heterocycles. The molecule has 0 unspecified atom stereocenters. The van der Waals surface area contributed by atoms with E-state index in [1.807, 2.05) is 22.7 Å². The summed E-state index contributed by atoms with van der Waals surface area (Å²) >= 11 is 3.38. The third-order valence-electron chi connectivity index (χ3n) is 1.97. The van der Waals surface area contributed by atoms with Crippen LogP contribution in [0.4, 0.5) is 0 Å². The fraction of sp³-hybridized carbons (Fsp3) is 0.200. The highest BCUT2D eigenvalue weighted by Crippen LogP contribution is 2.14. The van der Waals surface area contributed by atoms with Crippen LogP contribution < -0.4 is 0 Å². The molecule has 4 heteroatoms. The fourth-order valence-corrected chi connectivity index (χ4v) is 1.77. The van der Waals surface area contributed by atoms with E-state index in [-0.39, 0.29) is 5.78 Å². The van der Waals surface area contributed by atoms with Crippen molar-refractivity contribution < 1.29 is 4.79 Å². The molecule has 0 spiro atoms. The van der Waals surface area contributed by atoms with Crippen LogP contribution in [-0.4, -0.2) is 15.2 Å². The van der Waals surface area contributed by atoms with Crippen LogP contribution in [0, 0.1) is 0 Å². The highest BCUT2D eigenvalue weighted by atomic mass is 79.9. The van der Waals surface area contributed by atoms with Gasteiger partial charge in [0.2, 0.25) is 0 Å². The Hall–Kier alpha value is -1.16. The molecular weight excluding hydrogens is 244 g/mol. The van der Waals surface area contributed by atoms with Crippen LogP contribution in [0.2, 0.25) is 0 Å². The molecule has 2 aromatic heterocycles. The number of imidazole rings is 1. The number of carbonyl (C=O) groups excluding carboxylic acids is 1. The fourth-order valence-electron chi connectivity index (χ4n) is 1.39. The van der Waals surface area contributed by atoms with E-state index < -0.39 is 0 Å². The van der Waals surface area contributed by atoms with Crippen molar-refractivity contribution in [2.45, 2.75) is 13.3 Å². The Morgan fingerprint density at radius 2 is 2.36 bits per heavy atom. The van der Waals surface area contributed by atoms with Crippen molar-refractivity contribution in [2.75, 3.05) is 0 Å². The summed E-state index contributed by atoms with van der Waals surface area (Å²) < 4.78 is 2.82. The molecule has 0 aliphatic rings. The van der Waals surface area contributed by atoms with E-state index in [0.717, 1.165) is 15.8 Å². The van der Waals surface area contributed by atoms with Crippen LogP contribution in [0.25, 0.3) is 5.65 Å². The van der Waals surface area contributed by atoms with Gasteiger partial charge in [0.05, 0.1) is 6.20 Å². The number of hydrogen-bond acceptors (Lipinski definition) is 2. The number of fused-ring (bicyclic) bond motifs is 1. The largest absolute Gasteiger partial charge is 0.300 e. The molecule has 0 bridgehead atoms. The standard InChI is InChI=1S/C10H9BrN2O/c1-7(14)4-8-2-3-10-12-5-9(11)13(10)6-8/h2-3,5-6H,4H2,1H3. The Bertz CT molecular complexity index is 490. The average molecular weight is 253 g/mol. The highest BCUT2D eigenvalue weighted by molar-refractivity contribution is 9.10. The Labute approximate surface area is 89.9 Å². The van der Waals surface area contributed by atoms with E-state index in [2.05, 4.69) is 20.9 Å². The lowest BCUT2D eigenvalue weighted by atomic mass is 10.1. The van der Waals surface area contributed by atoms with Crippen LogP contribution in [0.5, 0.6) is 0 Å². The van der Waals surface area contributed by atoms with Crippen molar-refractivity contribution in [2.24, 2.45) is 0 Å². The first-order chi connectivity index (χ1) is 6.66. The van der Waals surface area contributed by atoms with Gasteiger partial charge in [0.15, 0.2) is 0 Å². The molecule has 0 aliphatic carbocycles. The molecule has 0 fully saturated rings. The van der Waals surface area contributed by atoms with Gasteiger partial charge in [-0.3, -0.25) is 9.20 Å². The molecule has 14 heavy (non-hydrogen) atoms. The van der Waals surface area contributed by atoms with E-state index in [1.165, 1.54) is 0 Å². The number of nitrogens with zero attached hydrogens (tertiary/aromatic N) is 2. The second-order valence-electron chi connectivity index (χ2n) is 3.23. The summed E-state index contributed by atoms with van der Waals surface area (Å²) in [5.41, 5.74) is 1.88. The first-order valence-electron chi connectivity index (χ1n) is 4.28. The topological polar surface area (TPSA) is 34.4 Å². The lowest BCUT2D eigenvalue weighted by Gasteiger charge is -2.00. The van der Waals surface area contributed by atoms with E-state index in [4.69, 9.17) is 0 Å². The zero-order valence-electron chi connectivity index (χ0n) is 7.70. The second kappa shape index (κ2) is 3.53. The maximum absolute atomic E-state index is 10.9. The first-order valence-corrected chi connectivity index (χ1v) is 5.07. The number of halogens is 1. The van der Waals surface area contributed by atoms with E-state index >= 15 is 0 Å². The highest BCUT2D eigenvalue weighted by Gasteiger charge is 2.02. The minimum absolute atomic E-state index is 0.167. The number of carbonyl (C=O) groups is 1. The lowest BCUT2D eigenvalue weighted by molar-refractivity contribution is -0.116. The van der Waals surface area contributed by atoms with Gasteiger partial charge in [-0.25, -0.2) is 4.98 Å². The molecule has 72 valence electrons. The van der Waals surface area contributed by atoms with Gasteiger partial charge >= 0.3 is 0 Å². The van der Waals surface area contributed by atoms with Crippen molar-refractivity contribution in [1.29, 1.82) is 0 Å². The number of pyridine rings is 1.